The second-order valence-electron chi connectivity index (χ2n) is 8.05. The molecule has 2 aliphatic heterocycles. The molecule has 0 amide bonds. The fourth-order valence-corrected chi connectivity index (χ4v) is 4.38. The maximum Gasteiger partial charge on any atom is 0.146 e. The summed E-state index contributed by atoms with van der Waals surface area (Å²) in [5.74, 6) is 2.56. The Morgan fingerprint density at radius 3 is 2.26 bits per heavy atom. The summed E-state index contributed by atoms with van der Waals surface area (Å²) in [6.45, 7) is 6.29. The molecule has 6 heteroatoms. The molecule has 0 saturated carbocycles. The van der Waals surface area contributed by atoms with Gasteiger partial charge in [-0.1, -0.05) is 18.6 Å². The first-order chi connectivity index (χ1) is 13.2. The van der Waals surface area contributed by atoms with Gasteiger partial charge in [0.1, 0.15) is 17.5 Å². The summed E-state index contributed by atoms with van der Waals surface area (Å²) in [5.41, 5.74) is 1.18. The van der Waals surface area contributed by atoms with Crippen LogP contribution in [0.15, 0.2) is 24.3 Å². The molecule has 4 rings (SSSR count). The van der Waals surface area contributed by atoms with Gasteiger partial charge in [0.15, 0.2) is 0 Å². The molecule has 1 aromatic heterocycles. The standard InChI is InChI=1S/C21H30FN5/c1-25-20(16-26-11-3-2-4-12-26)23-24-21(25)18-9-13-27(14-10-18)15-17-5-7-19(22)8-6-17/h5-8,18H,2-4,9-16H2,1H3. The molecule has 0 radical (unpaired) electrons. The van der Waals surface area contributed by atoms with Crippen molar-refractivity contribution in [2.75, 3.05) is 26.2 Å². The zero-order valence-electron chi connectivity index (χ0n) is 16.3. The molecular weight excluding hydrogens is 341 g/mol. The topological polar surface area (TPSA) is 37.2 Å². The maximum absolute atomic E-state index is 13.1. The Kier molecular flexibility index (Phi) is 5.83. The van der Waals surface area contributed by atoms with Gasteiger partial charge in [0.25, 0.3) is 0 Å². The summed E-state index contributed by atoms with van der Waals surface area (Å²) in [7, 11) is 2.12. The Balaban J connectivity index is 1.32. The van der Waals surface area contributed by atoms with Crippen LogP contribution >= 0.6 is 0 Å². The molecule has 0 bridgehead atoms. The van der Waals surface area contributed by atoms with E-state index < -0.39 is 0 Å². The van der Waals surface area contributed by atoms with E-state index in [-0.39, 0.29) is 5.82 Å². The van der Waals surface area contributed by atoms with E-state index in [0.29, 0.717) is 5.92 Å². The van der Waals surface area contributed by atoms with Gasteiger partial charge in [-0.2, -0.15) is 0 Å². The smallest absolute Gasteiger partial charge is 0.146 e. The zero-order chi connectivity index (χ0) is 18.6. The lowest BCUT2D eigenvalue weighted by Gasteiger charge is -2.31. The highest BCUT2D eigenvalue weighted by Gasteiger charge is 2.25. The van der Waals surface area contributed by atoms with E-state index in [2.05, 4.69) is 31.6 Å². The molecule has 146 valence electrons. The average Bonchev–Trinajstić information content (AvgIpc) is 3.05. The first kappa shape index (κ1) is 18.6. The van der Waals surface area contributed by atoms with E-state index in [9.17, 15) is 4.39 Å². The van der Waals surface area contributed by atoms with Crippen molar-refractivity contribution in [3.8, 4) is 0 Å². The molecule has 1 aromatic carbocycles. The molecule has 5 nitrogen and oxygen atoms in total. The van der Waals surface area contributed by atoms with Crippen LogP contribution in [0.25, 0.3) is 0 Å². The third kappa shape index (κ3) is 4.55. The molecule has 2 aromatic rings. The maximum atomic E-state index is 13.1. The van der Waals surface area contributed by atoms with E-state index in [1.807, 2.05) is 12.1 Å². The summed E-state index contributed by atoms with van der Waals surface area (Å²) in [4.78, 5) is 4.96. The van der Waals surface area contributed by atoms with E-state index in [4.69, 9.17) is 0 Å². The summed E-state index contributed by atoms with van der Waals surface area (Å²) >= 11 is 0. The first-order valence-electron chi connectivity index (χ1n) is 10.3. The number of halogens is 1. The van der Waals surface area contributed by atoms with Gasteiger partial charge in [-0.3, -0.25) is 9.80 Å². The highest BCUT2D eigenvalue weighted by Crippen LogP contribution is 2.28. The summed E-state index contributed by atoms with van der Waals surface area (Å²) < 4.78 is 15.3. The van der Waals surface area contributed by atoms with Crippen LogP contribution in [0.4, 0.5) is 4.39 Å². The van der Waals surface area contributed by atoms with Crippen LogP contribution in [0.5, 0.6) is 0 Å². The van der Waals surface area contributed by atoms with Gasteiger partial charge < -0.3 is 4.57 Å². The minimum atomic E-state index is -0.167. The minimum absolute atomic E-state index is 0.167. The van der Waals surface area contributed by atoms with Crippen molar-refractivity contribution in [3.63, 3.8) is 0 Å². The Morgan fingerprint density at radius 1 is 0.889 bits per heavy atom. The third-order valence-electron chi connectivity index (χ3n) is 6.08. The van der Waals surface area contributed by atoms with Gasteiger partial charge in [-0.25, -0.2) is 4.39 Å². The van der Waals surface area contributed by atoms with Crippen molar-refractivity contribution in [2.45, 2.75) is 51.1 Å². The van der Waals surface area contributed by atoms with E-state index in [0.717, 1.165) is 50.7 Å². The highest BCUT2D eigenvalue weighted by molar-refractivity contribution is 5.16. The average molecular weight is 372 g/mol. The minimum Gasteiger partial charge on any atom is -0.317 e. The number of hydrogen-bond donors (Lipinski definition) is 0. The molecule has 2 saturated heterocycles. The molecule has 0 aliphatic carbocycles. The van der Waals surface area contributed by atoms with Crippen molar-refractivity contribution in [3.05, 3.63) is 47.3 Å². The molecule has 0 unspecified atom stereocenters. The van der Waals surface area contributed by atoms with E-state index in [1.54, 1.807) is 12.1 Å². The van der Waals surface area contributed by atoms with Crippen LogP contribution in [0.3, 0.4) is 0 Å². The molecule has 0 N–H and O–H groups in total. The lowest BCUT2D eigenvalue weighted by atomic mass is 9.95. The molecule has 0 atom stereocenters. The van der Waals surface area contributed by atoms with Crippen LogP contribution in [-0.2, 0) is 20.1 Å². The summed E-state index contributed by atoms with van der Waals surface area (Å²) in [6.07, 6.45) is 6.18. The Bertz CT molecular complexity index is 728. The quantitative estimate of drug-likeness (QED) is 0.808. The molecule has 2 aliphatic rings. The van der Waals surface area contributed by atoms with Gasteiger partial charge >= 0.3 is 0 Å². The van der Waals surface area contributed by atoms with Crippen molar-refractivity contribution < 1.29 is 4.39 Å². The van der Waals surface area contributed by atoms with Crippen LogP contribution in [0.1, 0.15) is 55.2 Å². The molecule has 0 spiro atoms. The van der Waals surface area contributed by atoms with Gasteiger partial charge in [0, 0.05) is 19.5 Å². The van der Waals surface area contributed by atoms with Gasteiger partial charge in [-0.05, 0) is 69.6 Å². The van der Waals surface area contributed by atoms with Crippen LogP contribution < -0.4 is 0 Å². The fourth-order valence-electron chi connectivity index (χ4n) is 4.38. The second kappa shape index (κ2) is 8.48. The van der Waals surface area contributed by atoms with Gasteiger partial charge in [0.05, 0.1) is 6.54 Å². The highest BCUT2D eigenvalue weighted by atomic mass is 19.1. The Hall–Kier alpha value is -1.79. The molecule has 2 fully saturated rings. The number of aromatic nitrogens is 3. The lowest BCUT2D eigenvalue weighted by molar-refractivity contribution is 0.199. The number of hydrogen-bond acceptors (Lipinski definition) is 4. The number of benzene rings is 1. The van der Waals surface area contributed by atoms with Crippen molar-refractivity contribution in [2.24, 2.45) is 7.05 Å². The summed E-state index contributed by atoms with van der Waals surface area (Å²) in [5, 5.41) is 9.05. The monoisotopic (exact) mass is 371 g/mol. The third-order valence-corrected chi connectivity index (χ3v) is 6.08. The number of nitrogens with zero attached hydrogens (tertiary/aromatic N) is 5. The SMILES string of the molecule is Cn1c(CN2CCCCC2)nnc1C1CCN(Cc2ccc(F)cc2)CC1. The molecule has 27 heavy (non-hydrogen) atoms. The van der Waals surface area contributed by atoms with Crippen LogP contribution in [-0.4, -0.2) is 50.7 Å². The number of likely N-dealkylation sites (tertiary alicyclic amines) is 2. The normalized spacial score (nSPS) is 20.2. The number of rotatable bonds is 5. The summed E-state index contributed by atoms with van der Waals surface area (Å²) in [6, 6.07) is 6.87. The second-order valence-corrected chi connectivity index (χ2v) is 8.05. The fraction of sp³-hybridized carbons (Fsp3) is 0.619. The Labute approximate surface area is 161 Å². The number of piperidine rings is 2. The Morgan fingerprint density at radius 2 is 1.56 bits per heavy atom. The first-order valence-corrected chi connectivity index (χ1v) is 10.3. The van der Waals surface area contributed by atoms with Crippen molar-refractivity contribution in [1.82, 2.24) is 24.6 Å². The van der Waals surface area contributed by atoms with Crippen molar-refractivity contribution in [1.29, 1.82) is 0 Å². The van der Waals surface area contributed by atoms with Crippen LogP contribution in [0, 0.1) is 5.82 Å². The van der Waals surface area contributed by atoms with Gasteiger partial charge in [0.2, 0.25) is 0 Å². The molecule has 3 heterocycles. The van der Waals surface area contributed by atoms with Crippen LogP contribution in [0.2, 0.25) is 0 Å². The lowest BCUT2D eigenvalue weighted by Crippen LogP contribution is -2.33. The molecular formula is C21H30FN5. The predicted molar refractivity (Wildman–Crippen MR) is 104 cm³/mol. The van der Waals surface area contributed by atoms with Gasteiger partial charge in [-0.15, -0.1) is 10.2 Å². The van der Waals surface area contributed by atoms with Crippen molar-refractivity contribution >= 4 is 0 Å². The zero-order valence-corrected chi connectivity index (χ0v) is 16.3. The van der Waals surface area contributed by atoms with E-state index in [1.165, 1.54) is 37.9 Å². The predicted octanol–water partition coefficient (Wildman–Crippen LogP) is 3.32. The largest absolute Gasteiger partial charge is 0.317 e. The van der Waals surface area contributed by atoms with E-state index >= 15 is 0 Å².